The minimum Gasteiger partial charge on any atom is -0.346 e. The smallest absolute Gasteiger partial charge is 0.225 e. The molecule has 2 heteroatoms. The molecule has 0 aromatic rings. The van der Waals surface area contributed by atoms with Crippen molar-refractivity contribution >= 4 is 5.91 Å². The van der Waals surface area contributed by atoms with Crippen molar-refractivity contribution in [3.8, 4) is 0 Å². The number of carbonyl (C=O) groups excluding carboxylic acids is 1. The van der Waals surface area contributed by atoms with Crippen molar-refractivity contribution in [2.24, 2.45) is 17.8 Å². The van der Waals surface area contributed by atoms with Gasteiger partial charge in [-0.3, -0.25) is 4.79 Å². The lowest BCUT2D eigenvalue weighted by Gasteiger charge is -2.41. The first-order valence-electron chi connectivity index (χ1n) is 5.97. The molecule has 0 spiro atoms. The van der Waals surface area contributed by atoms with Gasteiger partial charge >= 0.3 is 0 Å². The third-order valence-electron chi connectivity index (χ3n) is 4.21. The van der Waals surface area contributed by atoms with Gasteiger partial charge in [0.2, 0.25) is 5.91 Å². The van der Waals surface area contributed by atoms with Crippen LogP contribution >= 0.6 is 0 Å². The van der Waals surface area contributed by atoms with E-state index in [4.69, 9.17) is 0 Å². The molecule has 1 aliphatic heterocycles. The number of fused-ring (bicyclic) bond motifs is 1. The summed E-state index contributed by atoms with van der Waals surface area (Å²) < 4.78 is 0. The molecule has 2 rings (SSSR count). The molecule has 0 N–H and O–H groups in total. The van der Waals surface area contributed by atoms with Crippen LogP contribution in [0.15, 0.2) is 0 Å². The van der Waals surface area contributed by atoms with Gasteiger partial charge in [-0.15, -0.1) is 0 Å². The Bertz CT molecular complexity index is 226. The van der Waals surface area contributed by atoms with Crippen LogP contribution in [-0.4, -0.2) is 24.4 Å². The summed E-state index contributed by atoms with van der Waals surface area (Å²) in [6.07, 6.45) is 6.30. The first-order valence-corrected chi connectivity index (χ1v) is 5.97. The standard InChI is InChI=1S/C12H21NO/c1-3-9-4-5-10-6-7-13(2)12(14)11(10)8-9/h9-11H,3-8H2,1-2H3/t9-,10?,11?/m0/s1. The van der Waals surface area contributed by atoms with Gasteiger partial charge in [0.05, 0.1) is 0 Å². The van der Waals surface area contributed by atoms with E-state index in [9.17, 15) is 4.79 Å². The molecule has 0 radical (unpaired) electrons. The van der Waals surface area contributed by atoms with E-state index in [1.807, 2.05) is 11.9 Å². The quantitative estimate of drug-likeness (QED) is 0.628. The summed E-state index contributed by atoms with van der Waals surface area (Å²) in [6, 6.07) is 0. The lowest BCUT2D eigenvalue weighted by molar-refractivity contribution is -0.142. The van der Waals surface area contributed by atoms with E-state index < -0.39 is 0 Å². The molecule has 2 fully saturated rings. The van der Waals surface area contributed by atoms with Crippen molar-refractivity contribution in [2.75, 3.05) is 13.6 Å². The zero-order valence-corrected chi connectivity index (χ0v) is 9.33. The number of hydrogen-bond donors (Lipinski definition) is 0. The molecule has 2 aliphatic rings. The molecule has 0 aromatic heterocycles. The maximum Gasteiger partial charge on any atom is 0.225 e. The van der Waals surface area contributed by atoms with Crippen molar-refractivity contribution in [2.45, 2.75) is 39.0 Å². The molecular formula is C12H21NO. The molecule has 1 amide bonds. The fourth-order valence-corrected chi connectivity index (χ4v) is 3.09. The van der Waals surface area contributed by atoms with Crippen LogP contribution < -0.4 is 0 Å². The van der Waals surface area contributed by atoms with E-state index >= 15 is 0 Å². The molecule has 14 heavy (non-hydrogen) atoms. The monoisotopic (exact) mass is 195 g/mol. The summed E-state index contributed by atoms with van der Waals surface area (Å²) in [7, 11) is 1.95. The van der Waals surface area contributed by atoms with E-state index in [1.165, 1.54) is 25.7 Å². The van der Waals surface area contributed by atoms with Gasteiger partial charge in [0.15, 0.2) is 0 Å². The molecule has 3 atom stereocenters. The van der Waals surface area contributed by atoms with Gasteiger partial charge in [-0.25, -0.2) is 0 Å². The van der Waals surface area contributed by atoms with Gasteiger partial charge in [-0.1, -0.05) is 19.8 Å². The highest BCUT2D eigenvalue weighted by molar-refractivity contribution is 5.79. The number of carbonyl (C=O) groups is 1. The van der Waals surface area contributed by atoms with E-state index in [1.54, 1.807) is 0 Å². The Morgan fingerprint density at radius 3 is 2.86 bits per heavy atom. The van der Waals surface area contributed by atoms with Gasteiger partial charge in [-0.2, -0.15) is 0 Å². The largest absolute Gasteiger partial charge is 0.346 e. The molecule has 1 heterocycles. The normalized spacial score (nSPS) is 38.3. The fraction of sp³-hybridized carbons (Fsp3) is 0.917. The second kappa shape index (κ2) is 3.92. The van der Waals surface area contributed by atoms with Crippen LogP contribution in [0.3, 0.4) is 0 Å². The Kier molecular flexibility index (Phi) is 2.80. The van der Waals surface area contributed by atoms with Crippen LogP contribution in [0, 0.1) is 17.8 Å². The predicted octanol–water partition coefficient (Wildman–Crippen LogP) is 2.29. The molecule has 0 aromatic carbocycles. The fourth-order valence-electron chi connectivity index (χ4n) is 3.09. The zero-order chi connectivity index (χ0) is 10.1. The van der Waals surface area contributed by atoms with Gasteiger partial charge in [0.25, 0.3) is 0 Å². The van der Waals surface area contributed by atoms with Crippen LogP contribution in [-0.2, 0) is 4.79 Å². The number of piperidine rings is 1. The second-order valence-electron chi connectivity index (χ2n) is 5.00. The number of amides is 1. The summed E-state index contributed by atoms with van der Waals surface area (Å²) in [5, 5.41) is 0. The highest BCUT2D eigenvalue weighted by Crippen LogP contribution is 2.40. The summed E-state index contributed by atoms with van der Waals surface area (Å²) in [5.74, 6) is 2.31. The number of hydrogen-bond acceptors (Lipinski definition) is 1. The van der Waals surface area contributed by atoms with Crippen molar-refractivity contribution in [1.29, 1.82) is 0 Å². The van der Waals surface area contributed by atoms with E-state index in [0.717, 1.165) is 18.9 Å². The number of nitrogens with zero attached hydrogens (tertiary/aromatic N) is 1. The molecule has 2 nitrogen and oxygen atoms in total. The molecular weight excluding hydrogens is 174 g/mol. The Morgan fingerprint density at radius 2 is 2.14 bits per heavy atom. The lowest BCUT2D eigenvalue weighted by atomic mass is 9.70. The van der Waals surface area contributed by atoms with Crippen molar-refractivity contribution in [1.82, 2.24) is 4.90 Å². The molecule has 0 bridgehead atoms. The zero-order valence-electron chi connectivity index (χ0n) is 9.33. The predicted molar refractivity (Wildman–Crippen MR) is 56.9 cm³/mol. The molecule has 2 unspecified atom stereocenters. The molecule has 1 aliphatic carbocycles. The number of likely N-dealkylation sites (tertiary alicyclic amines) is 1. The highest BCUT2D eigenvalue weighted by atomic mass is 16.2. The maximum absolute atomic E-state index is 11.9. The van der Waals surface area contributed by atoms with Crippen molar-refractivity contribution in [3.63, 3.8) is 0 Å². The average molecular weight is 195 g/mol. The first kappa shape index (κ1) is 10.0. The summed E-state index contributed by atoms with van der Waals surface area (Å²) >= 11 is 0. The maximum atomic E-state index is 11.9. The number of rotatable bonds is 1. The van der Waals surface area contributed by atoms with Crippen LogP contribution in [0.4, 0.5) is 0 Å². The average Bonchev–Trinajstić information content (AvgIpc) is 2.23. The van der Waals surface area contributed by atoms with Crippen LogP contribution in [0.1, 0.15) is 39.0 Å². The second-order valence-corrected chi connectivity index (χ2v) is 5.00. The van der Waals surface area contributed by atoms with Crippen molar-refractivity contribution in [3.05, 3.63) is 0 Å². The topological polar surface area (TPSA) is 20.3 Å². The van der Waals surface area contributed by atoms with E-state index in [0.29, 0.717) is 17.7 Å². The third-order valence-corrected chi connectivity index (χ3v) is 4.21. The summed E-state index contributed by atoms with van der Waals surface area (Å²) in [5.41, 5.74) is 0. The Balaban J connectivity index is 2.05. The van der Waals surface area contributed by atoms with E-state index in [2.05, 4.69) is 6.92 Å². The Morgan fingerprint density at radius 1 is 1.36 bits per heavy atom. The van der Waals surface area contributed by atoms with Crippen LogP contribution in [0.25, 0.3) is 0 Å². The van der Waals surface area contributed by atoms with Crippen molar-refractivity contribution < 1.29 is 4.79 Å². The van der Waals surface area contributed by atoms with Crippen LogP contribution in [0.5, 0.6) is 0 Å². The Hall–Kier alpha value is -0.530. The van der Waals surface area contributed by atoms with Gasteiger partial charge in [0, 0.05) is 19.5 Å². The molecule has 1 saturated heterocycles. The minimum absolute atomic E-state index is 0.368. The molecule has 80 valence electrons. The third kappa shape index (κ3) is 1.67. The summed E-state index contributed by atoms with van der Waals surface area (Å²) in [4.78, 5) is 13.9. The van der Waals surface area contributed by atoms with Gasteiger partial charge in [-0.05, 0) is 31.1 Å². The SMILES string of the molecule is CC[C@H]1CCC2CCN(C)C(=O)C2C1. The Labute approximate surface area is 86.7 Å². The summed E-state index contributed by atoms with van der Waals surface area (Å²) in [6.45, 7) is 3.23. The lowest BCUT2D eigenvalue weighted by Crippen LogP contribution is -2.45. The van der Waals surface area contributed by atoms with Gasteiger partial charge < -0.3 is 4.90 Å². The van der Waals surface area contributed by atoms with E-state index in [-0.39, 0.29) is 0 Å². The van der Waals surface area contributed by atoms with Gasteiger partial charge in [0.1, 0.15) is 0 Å². The van der Waals surface area contributed by atoms with Crippen LogP contribution in [0.2, 0.25) is 0 Å². The highest BCUT2D eigenvalue weighted by Gasteiger charge is 2.38. The first-order chi connectivity index (χ1) is 6.72. The molecule has 1 saturated carbocycles. The minimum atomic E-state index is 0.368.